The first-order chi connectivity index (χ1) is 10.0. The van der Waals surface area contributed by atoms with Crippen molar-refractivity contribution in [3.8, 4) is 0 Å². The lowest BCUT2D eigenvalue weighted by molar-refractivity contribution is 0.0570. The third kappa shape index (κ3) is 3.55. The van der Waals surface area contributed by atoms with Gasteiger partial charge in [0.25, 0.3) is 5.91 Å². The van der Waals surface area contributed by atoms with E-state index < -0.39 is 0 Å². The van der Waals surface area contributed by atoms with Crippen LogP contribution in [-0.4, -0.2) is 59.6 Å². The van der Waals surface area contributed by atoms with Crippen molar-refractivity contribution in [1.29, 1.82) is 0 Å². The Labute approximate surface area is 127 Å². The highest BCUT2D eigenvalue weighted by molar-refractivity contribution is 6.32. The highest BCUT2D eigenvalue weighted by atomic mass is 35.5. The average Bonchev–Trinajstić information content (AvgIpc) is 2.49. The van der Waals surface area contributed by atoms with E-state index in [0.717, 1.165) is 0 Å². The fourth-order valence-electron chi connectivity index (χ4n) is 2.09. The second-order valence-corrected chi connectivity index (χ2v) is 4.94. The van der Waals surface area contributed by atoms with E-state index in [1.54, 1.807) is 16.7 Å². The lowest BCUT2D eigenvalue weighted by Gasteiger charge is -2.34. The molecule has 1 aromatic rings. The van der Waals surface area contributed by atoms with Gasteiger partial charge in [-0.1, -0.05) is 11.6 Å². The number of pyridine rings is 1. The number of ether oxygens (including phenoxy) is 1. The van der Waals surface area contributed by atoms with Crippen LogP contribution >= 0.6 is 11.6 Å². The highest BCUT2D eigenvalue weighted by Crippen LogP contribution is 2.18. The molecule has 0 radical (unpaired) electrons. The Balaban J connectivity index is 2.00. The molecule has 1 fully saturated rings. The van der Waals surface area contributed by atoms with E-state index in [0.29, 0.717) is 38.5 Å². The topological polar surface area (TPSA) is 88.8 Å². The number of carbonyl (C=O) groups is 2. The van der Waals surface area contributed by atoms with Gasteiger partial charge in [-0.2, -0.15) is 0 Å². The third-order valence-electron chi connectivity index (χ3n) is 3.18. The van der Waals surface area contributed by atoms with Crippen LogP contribution in [0.25, 0.3) is 0 Å². The van der Waals surface area contributed by atoms with E-state index in [1.165, 1.54) is 12.3 Å². The molecule has 2 heterocycles. The summed E-state index contributed by atoms with van der Waals surface area (Å²) in [7, 11) is 0. The maximum Gasteiger partial charge on any atom is 0.409 e. The molecule has 0 atom stereocenters. The Morgan fingerprint density at radius 2 is 1.95 bits per heavy atom. The van der Waals surface area contributed by atoms with Crippen LogP contribution in [-0.2, 0) is 4.74 Å². The molecule has 2 amide bonds. The largest absolute Gasteiger partial charge is 0.450 e. The number of carbonyl (C=O) groups excluding carboxylic acids is 2. The van der Waals surface area contributed by atoms with E-state index in [-0.39, 0.29) is 22.7 Å². The molecule has 1 aliphatic rings. The Hall–Kier alpha value is -2.02. The Morgan fingerprint density at radius 1 is 1.33 bits per heavy atom. The quantitative estimate of drug-likeness (QED) is 0.830. The van der Waals surface area contributed by atoms with Crippen molar-refractivity contribution in [3.63, 3.8) is 0 Å². The second kappa shape index (κ2) is 6.62. The molecule has 0 spiro atoms. The van der Waals surface area contributed by atoms with Crippen LogP contribution in [0.3, 0.4) is 0 Å². The summed E-state index contributed by atoms with van der Waals surface area (Å²) in [5.74, 6) is -0.233. The normalized spacial score (nSPS) is 15.0. The summed E-state index contributed by atoms with van der Waals surface area (Å²) in [6.07, 6.45) is 1.05. The summed E-state index contributed by atoms with van der Waals surface area (Å²) in [5.41, 5.74) is 6.29. The zero-order chi connectivity index (χ0) is 15.4. The van der Waals surface area contributed by atoms with Crippen LogP contribution in [0.4, 0.5) is 10.5 Å². The molecule has 2 rings (SSSR count). The SMILES string of the molecule is CCOC(=O)N1CCN(C(=O)c2cc(N)cnc2Cl)CC1. The first-order valence-electron chi connectivity index (χ1n) is 6.65. The number of piperazine rings is 1. The molecular weight excluding hydrogens is 296 g/mol. The molecule has 21 heavy (non-hydrogen) atoms. The van der Waals surface area contributed by atoms with Crippen LogP contribution in [0.5, 0.6) is 0 Å². The van der Waals surface area contributed by atoms with Crippen molar-refractivity contribution in [2.75, 3.05) is 38.5 Å². The van der Waals surface area contributed by atoms with Crippen molar-refractivity contribution in [2.24, 2.45) is 0 Å². The van der Waals surface area contributed by atoms with E-state index in [4.69, 9.17) is 22.1 Å². The number of nitrogens with zero attached hydrogens (tertiary/aromatic N) is 3. The maximum atomic E-state index is 12.4. The Bertz CT molecular complexity index is 544. The summed E-state index contributed by atoms with van der Waals surface area (Å²) in [5, 5.41) is 0.127. The molecule has 0 saturated carbocycles. The minimum atomic E-state index is -0.353. The zero-order valence-corrected chi connectivity index (χ0v) is 12.5. The first kappa shape index (κ1) is 15.4. The van der Waals surface area contributed by atoms with Crippen LogP contribution in [0.15, 0.2) is 12.3 Å². The molecular formula is C13H17ClN4O3. The van der Waals surface area contributed by atoms with Crippen molar-refractivity contribution < 1.29 is 14.3 Å². The lowest BCUT2D eigenvalue weighted by Crippen LogP contribution is -2.50. The zero-order valence-electron chi connectivity index (χ0n) is 11.7. The van der Waals surface area contributed by atoms with Gasteiger partial charge < -0.3 is 20.3 Å². The minimum absolute atomic E-state index is 0.127. The van der Waals surface area contributed by atoms with Gasteiger partial charge in [0.1, 0.15) is 5.15 Å². The van der Waals surface area contributed by atoms with Crippen LogP contribution in [0.1, 0.15) is 17.3 Å². The van der Waals surface area contributed by atoms with E-state index in [1.807, 2.05) is 0 Å². The number of amides is 2. The number of anilines is 1. The van der Waals surface area contributed by atoms with Crippen molar-refractivity contribution >= 4 is 29.3 Å². The van der Waals surface area contributed by atoms with Gasteiger partial charge in [0, 0.05) is 26.2 Å². The van der Waals surface area contributed by atoms with Gasteiger partial charge in [-0.15, -0.1) is 0 Å². The van der Waals surface area contributed by atoms with Crippen LogP contribution in [0.2, 0.25) is 5.15 Å². The second-order valence-electron chi connectivity index (χ2n) is 4.59. The number of aromatic nitrogens is 1. The first-order valence-corrected chi connectivity index (χ1v) is 7.02. The molecule has 0 aliphatic carbocycles. The standard InChI is InChI=1S/C13H17ClN4O3/c1-2-21-13(20)18-5-3-17(4-6-18)12(19)10-7-9(15)8-16-11(10)14/h7-8H,2-6,15H2,1H3. The van der Waals surface area contributed by atoms with Gasteiger partial charge in [0.2, 0.25) is 0 Å². The third-order valence-corrected chi connectivity index (χ3v) is 3.48. The van der Waals surface area contributed by atoms with Crippen LogP contribution in [0, 0.1) is 0 Å². The number of halogens is 1. The fourth-order valence-corrected chi connectivity index (χ4v) is 2.28. The molecule has 1 aromatic heterocycles. The smallest absolute Gasteiger partial charge is 0.409 e. The van der Waals surface area contributed by atoms with Gasteiger partial charge in [-0.25, -0.2) is 9.78 Å². The molecule has 0 aromatic carbocycles. The highest BCUT2D eigenvalue weighted by Gasteiger charge is 2.26. The van der Waals surface area contributed by atoms with E-state index >= 15 is 0 Å². The molecule has 7 nitrogen and oxygen atoms in total. The number of nitrogen functional groups attached to an aromatic ring is 1. The Morgan fingerprint density at radius 3 is 2.57 bits per heavy atom. The van der Waals surface area contributed by atoms with Crippen molar-refractivity contribution in [2.45, 2.75) is 6.92 Å². The number of hydrogen-bond acceptors (Lipinski definition) is 5. The van der Waals surface area contributed by atoms with Gasteiger partial charge >= 0.3 is 6.09 Å². The van der Waals surface area contributed by atoms with Gasteiger partial charge in [0.05, 0.1) is 24.1 Å². The summed E-state index contributed by atoms with van der Waals surface area (Å²) in [6, 6.07) is 1.51. The van der Waals surface area contributed by atoms with E-state index in [9.17, 15) is 9.59 Å². The van der Waals surface area contributed by atoms with E-state index in [2.05, 4.69) is 4.98 Å². The minimum Gasteiger partial charge on any atom is -0.450 e. The molecule has 0 bridgehead atoms. The number of rotatable bonds is 2. The average molecular weight is 313 g/mol. The fraction of sp³-hybridized carbons (Fsp3) is 0.462. The summed E-state index contributed by atoms with van der Waals surface area (Å²) in [4.78, 5) is 31.1. The summed E-state index contributed by atoms with van der Waals surface area (Å²) in [6.45, 7) is 3.79. The molecule has 1 aliphatic heterocycles. The lowest BCUT2D eigenvalue weighted by atomic mass is 10.2. The molecule has 114 valence electrons. The monoisotopic (exact) mass is 312 g/mol. The Kier molecular flexibility index (Phi) is 4.85. The van der Waals surface area contributed by atoms with Crippen molar-refractivity contribution in [3.05, 3.63) is 23.0 Å². The van der Waals surface area contributed by atoms with Gasteiger partial charge in [-0.3, -0.25) is 4.79 Å². The predicted octanol–water partition coefficient (Wildman–Crippen LogP) is 1.23. The molecule has 0 unspecified atom stereocenters. The van der Waals surface area contributed by atoms with Gasteiger partial charge in [0.15, 0.2) is 0 Å². The predicted molar refractivity (Wildman–Crippen MR) is 78.2 cm³/mol. The molecule has 2 N–H and O–H groups in total. The number of nitrogens with two attached hydrogens (primary N) is 1. The molecule has 8 heteroatoms. The van der Waals surface area contributed by atoms with Gasteiger partial charge in [-0.05, 0) is 13.0 Å². The van der Waals surface area contributed by atoms with Crippen LogP contribution < -0.4 is 5.73 Å². The maximum absolute atomic E-state index is 12.4. The summed E-state index contributed by atoms with van der Waals surface area (Å²) < 4.78 is 4.93. The van der Waals surface area contributed by atoms with Crippen molar-refractivity contribution in [1.82, 2.24) is 14.8 Å². The summed E-state index contributed by atoms with van der Waals surface area (Å²) >= 11 is 5.93. The molecule has 1 saturated heterocycles. The number of hydrogen-bond donors (Lipinski definition) is 1.